The monoisotopic (exact) mass is 476 g/mol. The normalized spacial score (nSPS) is 19.0. The summed E-state index contributed by atoms with van der Waals surface area (Å²) in [5.74, 6) is 0.271. The Morgan fingerprint density at radius 2 is 1.82 bits per heavy atom. The van der Waals surface area contributed by atoms with Crippen molar-refractivity contribution in [3.05, 3.63) is 77.1 Å². The maximum absolute atomic E-state index is 11.9. The molecule has 1 aliphatic heterocycles. The molecule has 5 rings (SSSR count). The number of aromatic nitrogens is 2. The predicted octanol–water partition coefficient (Wildman–Crippen LogP) is 4.27. The first kappa shape index (κ1) is 22.8. The third kappa shape index (κ3) is 4.53. The third-order valence-electron chi connectivity index (χ3n) is 6.83. The number of pyridine rings is 1. The van der Waals surface area contributed by atoms with Crippen molar-refractivity contribution >= 4 is 28.7 Å². The van der Waals surface area contributed by atoms with E-state index in [1.165, 1.54) is 11.1 Å². The predicted molar refractivity (Wildman–Crippen MR) is 135 cm³/mol. The number of amides is 1. The molecule has 34 heavy (non-hydrogen) atoms. The van der Waals surface area contributed by atoms with Gasteiger partial charge in [0.25, 0.3) is 0 Å². The van der Waals surface area contributed by atoms with E-state index in [4.69, 9.17) is 16.6 Å². The molecule has 0 saturated carbocycles. The van der Waals surface area contributed by atoms with Crippen molar-refractivity contribution in [1.82, 2.24) is 19.2 Å². The molecule has 3 aromatic rings. The van der Waals surface area contributed by atoms with E-state index < -0.39 is 6.61 Å². The average Bonchev–Trinajstić information content (AvgIpc) is 3.22. The minimum atomic E-state index is -0.430. The van der Waals surface area contributed by atoms with Crippen molar-refractivity contribution in [2.24, 2.45) is 5.92 Å². The van der Waals surface area contributed by atoms with Crippen LogP contribution in [0.5, 0.6) is 0 Å². The number of rotatable bonds is 5. The van der Waals surface area contributed by atoms with Gasteiger partial charge < -0.3 is 14.4 Å². The number of nitrogens with zero attached hydrogens (tertiary/aromatic N) is 4. The average molecular weight is 477 g/mol. The van der Waals surface area contributed by atoms with Crippen LogP contribution in [-0.2, 0) is 11.3 Å². The number of aliphatic hydroxyl groups is 1. The van der Waals surface area contributed by atoms with Gasteiger partial charge in [0, 0.05) is 49.5 Å². The first-order valence-corrected chi connectivity index (χ1v) is 12.2. The summed E-state index contributed by atoms with van der Waals surface area (Å²) in [7, 11) is 0. The van der Waals surface area contributed by atoms with E-state index >= 15 is 0 Å². The Morgan fingerprint density at radius 1 is 1.09 bits per heavy atom. The number of hydrogen-bond donors (Lipinski definition) is 1. The molecule has 176 valence electrons. The fourth-order valence-electron chi connectivity index (χ4n) is 4.85. The van der Waals surface area contributed by atoms with Crippen LogP contribution in [0.1, 0.15) is 24.6 Å². The van der Waals surface area contributed by atoms with Gasteiger partial charge in [-0.1, -0.05) is 48.9 Å². The van der Waals surface area contributed by atoms with Gasteiger partial charge in [-0.3, -0.25) is 9.69 Å². The molecule has 0 bridgehead atoms. The van der Waals surface area contributed by atoms with E-state index in [0.717, 1.165) is 48.7 Å². The van der Waals surface area contributed by atoms with Crippen LogP contribution in [0, 0.1) is 5.92 Å². The van der Waals surface area contributed by atoms with Gasteiger partial charge in [-0.2, -0.15) is 0 Å². The fourth-order valence-corrected chi connectivity index (χ4v) is 4.97. The molecule has 2 aliphatic rings. The highest BCUT2D eigenvalue weighted by Gasteiger charge is 2.24. The smallest absolute Gasteiger partial charge is 0.248 e. The van der Waals surface area contributed by atoms with E-state index in [1.54, 1.807) is 4.90 Å². The van der Waals surface area contributed by atoms with Crippen LogP contribution in [0.2, 0.25) is 5.02 Å². The van der Waals surface area contributed by atoms with Crippen molar-refractivity contribution < 1.29 is 9.90 Å². The Kier molecular flexibility index (Phi) is 6.55. The van der Waals surface area contributed by atoms with Crippen LogP contribution in [0.15, 0.2) is 60.8 Å². The maximum atomic E-state index is 11.9. The SMILES string of the molecule is CC1CC=CC=C1c1ccc2nc(-c3ccc(Cl)cc3)c(CN3CCN(C(=O)CO)CC3)n2c1. The number of benzene rings is 1. The second-order valence-corrected chi connectivity index (χ2v) is 9.50. The van der Waals surface area contributed by atoms with Crippen molar-refractivity contribution in [3.8, 4) is 11.3 Å². The minimum Gasteiger partial charge on any atom is -0.387 e. The van der Waals surface area contributed by atoms with Crippen molar-refractivity contribution in [2.75, 3.05) is 32.8 Å². The summed E-state index contributed by atoms with van der Waals surface area (Å²) in [5.41, 5.74) is 6.58. The topological polar surface area (TPSA) is 61.1 Å². The summed E-state index contributed by atoms with van der Waals surface area (Å²) < 4.78 is 2.22. The second kappa shape index (κ2) is 9.74. The molecular weight excluding hydrogens is 448 g/mol. The van der Waals surface area contributed by atoms with Crippen molar-refractivity contribution in [1.29, 1.82) is 0 Å². The van der Waals surface area contributed by atoms with Gasteiger partial charge in [0.2, 0.25) is 5.91 Å². The molecule has 3 heterocycles. The first-order valence-electron chi connectivity index (χ1n) is 11.8. The van der Waals surface area contributed by atoms with Crippen LogP contribution < -0.4 is 0 Å². The van der Waals surface area contributed by atoms with Gasteiger partial charge in [-0.25, -0.2) is 4.98 Å². The standard InChI is InChI=1S/C27H29ClN4O2/c1-19-4-2-3-5-23(19)21-8-11-25-29-27(20-6-9-22(28)10-7-20)24(32(25)16-21)17-30-12-14-31(15-13-30)26(34)18-33/h2-3,5-11,16,19,33H,4,12-15,17-18H2,1H3. The highest BCUT2D eigenvalue weighted by atomic mass is 35.5. The number of allylic oxidation sites excluding steroid dienone is 4. The number of imidazole rings is 1. The van der Waals surface area contributed by atoms with E-state index in [0.29, 0.717) is 24.0 Å². The molecule has 1 N–H and O–H groups in total. The van der Waals surface area contributed by atoms with E-state index in [9.17, 15) is 9.90 Å². The van der Waals surface area contributed by atoms with E-state index in [1.807, 2.05) is 24.3 Å². The lowest BCUT2D eigenvalue weighted by atomic mass is 9.89. The van der Waals surface area contributed by atoms with Crippen LogP contribution in [0.3, 0.4) is 0 Å². The second-order valence-electron chi connectivity index (χ2n) is 9.06. The van der Waals surface area contributed by atoms with Crippen LogP contribution >= 0.6 is 11.6 Å². The largest absolute Gasteiger partial charge is 0.387 e. The molecule has 6 nitrogen and oxygen atoms in total. The summed E-state index contributed by atoms with van der Waals surface area (Å²) in [6.07, 6.45) is 9.83. The summed E-state index contributed by atoms with van der Waals surface area (Å²) >= 11 is 6.15. The Hall–Kier alpha value is -2.93. The Balaban J connectivity index is 1.52. The molecular formula is C27H29ClN4O2. The summed E-state index contributed by atoms with van der Waals surface area (Å²) in [5, 5.41) is 9.88. The van der Waals surface area contributed by atoms with Gasteiger partial charge in [-0.05, 0) is 47.7 Å². The lowest BCUT2D eigenvalue weighted by Crippen LogP contribution is -2.49. The molecule has 0 spiro atoms. The fraction of sp³-hybridized carbons (Fsp3) is 0.333. The van der Waals surface area contributed by atoms with Crippen LogP contribution in [0.4, 0.5) is 0 Å². The molecule has 2 aromatic heterocycles. The number of aliphatic hydroxyl groups excluding tert-OH is 1. The van der Waals surface area contributed by atoms with Crippen LogP contribution in [0.25, 0.3) is 22.5 Å². The summed E-state index contributed by atoms with van der Waals surface area (Å²) in [4.78, 5) is 20.9. The number of hydrogen-bond acceptors (Lipinski definition) is 4. The molecule has 1 aliphatic carbocycles. The zero-order chi connectivity index (χ0) is 23.7. The van der Waals surface area contributed by atoms with E-state index in [-0.39, 0.29) is 5.91 Å². The quantitative estimate of drug-likeness (QED) is 0.597. The zero-order valence-corrected chi connectivity index (χ0v) is 20.1. The minimum absolute atomic E-state index is 0.204. The van der Waals surface area contributed by atoms with Crippen LogP contribution in [-0.4, -0.2) is 63.0 Å². The Labute approximate surface area is 204 Å². The zero-order valence-electron chi connectivity index (χ0n) is 19.3. The van der Waals surface area contributed by atoms with Crippen molar-refractivity contribution in [2.45, 2.75) is 19.9 Å². The Morgan fingerprint density at radius 3 is 2.53 bits per heavy atom. The first-order chi connectivity index (χ1) is 16.5. The van der Waals surface area contributed by atoms with Gasteiger partial charge >= 0.3 is 0 Å². The molecule has 7 heteroatoms. The number of carbonyl (C=O) groups is 1. The van der Waals surface area contributed by atoms with Gasteiger partial charge in [-0.15, -0.1) is 0 Å². The third-order valence-corrected chi connectivity index (χ3v) is 7.09. The molecule has 1 saturated heterocycles. The van der Waals surface area contributed by atoms with Gasteiger partial charge in [0.15, 0.2) is 0 Å². The summed E-state index contributed by atoms with van der Waals surface area (Å²) in [6, 6.07) is 12.1. The lowest BCUT2D eigenvalue weighted by molar-refractivity contribution is -0.136. The highest BCUT2D eigenvalue weighted by molar-refractivity contribution is 6.30. The number of piperazine rings is 1. The van der Waals surface area contributed by atoms with Gasteiger partial charge in [0.1, 0.15) is 12.3 Å². The molecule has 1 amide bonds. The maximum Gasteiger partial charge on any atom is 0.248 e. The Bertz CT molecular complexity index is 1250. The molecule has 1 unspecified atom stereocenters. The molecule has 1 fully saturated rings. The molecule has 0 radical (unpaired) electrons. The summed E-state index contributed by atoms with van der Waals surface area (Å²) in [6.45, 7) is 5.30. The number of halogens is 1. The van der Waals surface area contributed by atoms with Gasteiger partial charge in [0.05, 0.1) is 11.4 Å². The highest BCUT2D eigenvalue weighted by Crippen LogP contribution is 2.32. The molecule has 1 atom stereocenters. The lowest BCUT2D eigenvalue weighted by Gasteiger charge is -2.34. The number of fused-ring (bicyclic) bond motifs is 1. The van der Waals surface area contributed by atoms with Crippen molar-refractivity contribution in [3.63, 3.8) is 0 Å². The molecule has 1 aromatic carbocycles. The van der Waals surface area contributed by atoms with E-state index in [2.05, 4.69) is 52.8 Å². The number of carbonyl (C=O) groups excluding carboxylic acids is 1.